The predicted octanol–water partition coefficient (Wildman–Crippen LogP) is 7.35. The zero-order chi connectivity index (χ0) is 57.5. The standard InChI is InChI=1S/C57H55F6N9O6S2/c1-38-51(79(77)46-15-11-40(36-64)12-16-46)34-48(54(75)71(38)44-8-3-6-42(32-44)56(58,59)60)50(73)10-5-20-67-22-26-69(27-23-67)30-31-70-28-24-68(25-29-70)21-19-66-53(74)49-35-52(80(78)47-17-13-41(37-65)14-18-47)39(2)72(55(49)76)45-9-4-7-43(33-45)57(61,62)63/h3-4,6-9,11-18,32-35H,5,10,19-31H2,1-2H3,(H,66,74). The van der Waals surface area contributed by atoms with Crippen molar-refractivity contribution in [1.82, 2.24) is 34.1 Å². The zero-order valence-electron chi connectivity index (χ0n) is 43.6. The van der Waals surface area contributed by atoms with Gasteiger partial charge in [0.25, 0.3) is 17.0 Å². The fourth-order valence-electron chi connectivity index (χ4n) is 9.70. The van der Waals surface area contributed by atoms with Gasteiger partial charge in [0.2, 0.25) is 0 Å². The lowest BCUT2D eigenvalue weighted by molar-refractivity contribution is -0.138. The fourth-order valence-corrected chi connectivity index (χ4v) is 12.1. The average molecular weight is 1140 g/mol. The van der Waals surface area contributed by atoms with Gasteiger partial charge >= 0.3 is 12.4 Å². The van der Waals surface area contributed by atoms with E-state index in [1.165, 1.54) is 86.6 Å². The Morgan fingerprint density at radius 1 is 0.550 bits per heavy atom. The number of nitrogens with zero attached hydrogens (tertiary/aromatic N) is 8. The maximum atomic E-state index is 14.0. The Balaban J connectivity index is 0.815. The number of halogens is 6. The Morgan fingerprint density at radius 3 is 1.35 bits per heavy atom. The van der Waals surface area contributed by atoms with Gasteiger partial charge in [-0.3, -0.25) is 43.0 Å². The lowest BCUT2D eigenvalue weighted by Gasteiger charge is -2.38. The molecule has 4 heterocycles. The lowest BCUT2D eigenvalue weighted by atomic mass is 10.1. The molecule has 2 saturated heterocycles. The minimum atomic E-state index is -4.72. The molecule has 2 aliphatic rings. The van der Waals surface area contributed by atoms with Crippen LogP contribution in [0.3, 0.4) is 0 Å². The van der Waals surface area contributed by atoms with E-state index in [0.717, 1.165) is 97.9 Å². The number of hydrogen-bond acceptors (Lipinski definition) is 12. The lowest BCUT2D eigenvalue weighted by Crippen LogP contribution is -2.52. The van der Waals surface area contributed by atoms with Crippen LogP contribution in [0.5, 0.6) is 0 Å². The maximum absolute atomic E-state index is 14.0. The second kappa shape index (κ2) is 25.4. The number of amides is 1. The molecule has 2 aliphatic heterocycles. The van der Waals surface area contributed by atoms with Gasteiger partial charge < -0.3 is 10.2 Å². The molecule has 0 saturated carbocycles. The van der Waals surface area contributed by atoms with Crippen molar-refractivity contribution in [2.45, 2.75) is 58.6 Å². The summed E-state index contributed by atoms with van der Waals surface area (Å²) in [6.07, 6.45) is -9.06. The first-order valence-corrected chi connectivity index (χ1v) is 27.9. The number of carbonyl (C=O) groups excluding carboxylic acids is 2. The molecule has 0 spiro atoms. The number of nitriles is 2. The molecule has 2 unspecified atom stereocenters. The SMILES string of the molecule is Cc1c(S(=O)c2ccc(C#N)cc2)cc(C(=O)CCCN2CCN(CCN3CCN(CCNC(=O)c4cc(S(=O)c5ccc(C#N)cc5)c(C)n(-c5cccc(C(F)(F)F)c5)c4=O)CC3)CC2)c(=O)n1-c1cccc(C(F)(F)F)c1. The highest BCUT2D eigenvalue weighted by Gasteiger charge is 2.33. The number of Topliss-reactive ketones (excluding diaryl/α,β-unsaturated/α-hetero) is 1. The van der Waals surface area contributed by atoms with Crippen LogP contribution in [-0.4, -0.2) is 134 Å². The highest BCUT2D eigenvalue weighted by Crippen LogP contribution is 2.33. The molecule has 80 heavy (non-hydrogen) atoms. The van der Waals surface area contributed by atoms with Crippen LogP contribution in [-0.2, 0) is 34.0 Å². The summed E-state index contributed by atoms with van der Waals surface area (Å²) < 4.78 is 112. The van der Waals surface area contributed by atoms with Crippen molar-refractivity contribution >= 4 is 33.3 Å². The highest BCUT2D eigenvalue weighted by molar-refractivity contribution is 7.85. The van der Waals surface area contributed by atoms with E-state index < -0.39 is 73.5 Å². The number of piperazine rings is 2. The van der Waals surface area contributed by atoms with Crippen LogP contribution in [0.1, 0.15) is 67.2 Å². The fraction of sp³-hybridized carbons (Fsp3) is 0.333. The van der Waals surface area contributed by atoms with Crippen molar-refractivity contribution in [3.8, 4) is 23.5 Å². The Morgan fingerprint density at radius 2 is 0.938 bits per heavy atom. The van der Waals surface area contributed by atoms with Crippen molar-refractivity contribution in [2.75, 3.05) is 85.1 Å². The van der Waals surface area contributed by atoms with E-state index in [2.05, 4.69) is 24.9 Å². The maximum Gasteiger partial charge on any atom is 0.416 e. The van der Waals surface area contributed by atoms with Crippen LogP contribution in [0.25, 0.3) is 11.4 Å². The minimum Gasteiger partial charge on any atom is -0.351 e. The molecule has 6 aromatic rings. The van der Waals surface area contributed by atoms with Crippen LogP contribution in [0, 0.1) is 36.5 Å². The summed E-state index contributed by atoms with van der Waals surface area (Å²) in [4.78, 5) is 65.2. The van der Waals surface area contributed by atoms with Crippen molar-refractivity contribution in [3.05, 3.63) is 175 Å². The van der Waals surface area contributed by atoms with Crippen molar-refractivity contribution in [2.24, 2.45) is 0 Å². The first-order valence-electron chi connectivity index (χ1n) is 25.6. The number of pyridine rings is 2. The van der Waals surface area contributed by atoms with E-state index in [1.54, 1.807) is 0 Å². The molecule has 0 radical (unpaired) electrons. The smallest absolute Gasteiger partial charge is 0.351 e. The largest absolute Gasteiger partial charge is 0.416 e. The van der Waals surface area contributed by atoms with Gasteiger partial charge in [0.05, 0.1) is 71.3 Å². The van der Waals surface area contributed by atoms with E-state index in [1.807, 2.05) is 12.1 Å². The quantitative estimate of drug-likeness (QED) is 0.0668. The molecule has 8 rings (SSSR count). The molecule has 2 atom stereocenters. The van der Waals surface area contributed by atoms with Gasteiger partial charge in [-0.1, -0.05) is 12.1 Å². The molecular weight excluding hydrogens is 1080 g/mol. The topological polar surface area (TPSA) is 185 Å². The minimum absolute atomic E-state index is 0.0331. The normalized spacial score (nSPS) is 15.7. The molecule has 1 amide bonds. The number of nitrogens with one attached hydrogen (secondary N) is 1. The third-order valence-electron chi connectivity index (χ3n) is 14.3. The van der Waals surface area contributed by atoms with Gasteiger partial charge in [-0.05, 0) is 124 Å². The molecule has 15 nitrogen and oxygen atoms in total. The number of rotatable bonds is 18. The van der Waals surface area contributed by atoms with Crippen LogP contribution >= 0.6 is 0 Å². The van der Waals surface area contributed by atoms with E-state index in [4.69, 9.17) is 0 Å². The molecular formula is C57H55F6N9O6S2. The Hall–Kier alpha value is -7.38. The Bertz CT molecular complexity index is 3310. The second-order valence-electron chi connectivity index (χ2n) is 19.4. The molecule has 4 aromatic carbocycles. The Labute approximate surface area is 462 Å². The molecule has 0 aliphatic carbocycles. The monoisotopic (exact) mass is 1140 g/mol. The van der Waals surface area contributed by atoms with E-state index >= 15 is 0 Å². The van der Waals surface area contributed by atoms with Crippen molar-refractivity contribution in [3.63, 3.8) is 0 Å². The van der Waals surface area contributed by atoms with E-state index in [0.29, 0.717) is 43.7 Å². The van der Waals surface area contributed by atoms with Gasteiger partial charge in [0, 0.05) is 118 Å². The third-order valence-corrected chi connectivity index (χ3v) is 17.3. The molecule has 2 fully saturated rings. The van der Waals surface area contributed by atoms with Crippen molar-refractivity contribution in [1.29, 1.82) is 10.5 Å². The number of carbonyl (C=O) groups is 2. The van der Waals surface area contributed by atoms with Crippen LogP contribution in [0.2, 0.25) is 0 Å². The van der Waals surface area contributed by atoms with E-state index in [9.17, 15) is 64.5 Å². The number of aromatic nitrogens is 2. The van der Waals surface area contributed by atoms with Gasteiger partial charge in [-0.2, -0.15) is 36.9 Å². The summed E-state index contributed by atoms with van der Waals surface area (Å²) in [5, 5.41) is 21.3. The zero-order valence-corrected chi connectivity index (χ0v) is 45.2. The van der Waals surface area contributed by atoms with Crippen LogP contribution in [0.4, 0.5) is 26.3 Å². The summed E-state index contributed by atoms with van der Waals surface area (Å²) in [6, 6.07) is 26.5. The Kier molecular flexibility index (Phi) is 18.6. The molecule has 1 N–H and O–H groups in total. The summed E-state index contributed by atoms with van der Waals surface area (Å²) in [7, 11) is -3.96. The number of hydrogen-bond donors (Lipinski definition) is 1. The molecule has 418 valence electrons. The van der Waals surface area contributed by atoms with Gasteiger partial charge in [0.1, 0.15) is 5.56 Å². The van der Waals surface area contributed by atoms with Gasteiger partial charge in [0.15, 0.2) is 5.78 Å². The van der Waals surface area contributed by atoms with Crippen LogP contribution in [0.15, 0.2) is 138 Å². The third kappa shape index (κ3) is 13.8. The summed E-state index contributed by atoms with van der Waals surface area (Å²) in [5.74, 6) is -1.31. The molecule has 0 bridgehead atoms. The predicted molar refractivity (Wildman–Crippen MR) is 287 cm³/mol. The first-order chi connectivity index (χ1) is 38.1. The average Bonchev–Trinajstić information content (AvgIpc) is 3.56. The number of ketones is 1. The molecule has 2 aromatic heterocycles. The van der Waals surface area contributed by atoms with Crippen molar-refractivity contribution < 1.29 is 44.3 Å². The number of alkyl halides is 6. The summed E-state index contributed by atoms with van der Waals surface area (Å²) in [5.41, 5.74) is -3.88. The highest BCUT2D eigenvalue weighted by atomic mass is 32.2. The van der Waals surface area contributed by atoms with E-state index in [-0.39, 0.29) is 60.9 Å². The summed E-state index contributed by atoms with van der Waals surface area (Å²) in [6.45, 7) is 11.7. The second-order valence-corrected chi connectivity index (χ2v) is 22.2. The summed E-state index contributed by atoms with van der Waals surface area (Å²) >= 11 is 0. The van der Waals surface area contributed by atoms with Crippen LogP contribution < -0.4 is 16.4 Å². The molecule has 23 heteroatoms. The first kappa shape index (κ1) is 58.8. The van der Waals surface area contributed by atoms with Gasteiger partial charge in [-0.15, -0.1) is 0 Å². The number of benzene rings is 4. The van der Waals surface area contributed by atoms with Gasteiger partial charge in [-0.25, -0.2) is 8.42 Å².